The van der Waals surface area contributed by atoms with Gasteiger partial charge in [-0.25, -0.2) is 9.78 Å². The lowest BCUT2D eigenvalue weighted by Crippen LogP contribution is -2.31. The molecule has 0 amide bonds. The Balaban J connectivity index is 2.84. The quantitative estimate of drug-likeness (QED) is 0.831. The summed E-state index contributed by atoms with van der Waals surface area (Å²) in [5, 5.41) is 8.76. The van der Waals surface area contributed by atoms with Crippen LogP contribution in [0.25, 0.3) is 0 Å². The van der Waals surface area contributed by atoms with Crippen LogP contribution in [0.5, 0.6) is 0 Å². The summed E-state index contributed by atoms with van der Waals surface area (Å²) in [5.41, 5.74) is 0.224. The molecule has 0 spiro atoms. The topological polar surface area (TPSA) is 53.4 Å². The first kappa shape index (κ1) is 12.5. The lowest BCUT2D eigenvalue weighted by molar-refractivity contribution is 0.0696. The van der Waals surface area contributed by atoms with Crippen molar-refractivity contribution in [1.82, 2.24) is 4.98 Å². The molecule has 0 aromatic carbocycles. The zero-order valence-corrected chi connectivity index (χ0v) is 9.97. The number of rotatable bonds is 5. The number of carboxylic acid groups (broad SMARTS) is 1. The van der Waals surface area contributed by atoms with Crippen LogP contribution >= 0.6 is 0 Å². The first-order valence-electron chi connectivity index (χ1n) is 5.52. The molecule has 0 fully saturated rings. The molecule has 0 unspecified atom stereocenters. The van der Waals surface area contributed by atoms with Gasteiger partial charge < -0.3 is 10.0 Å². The Kier molecular flexibility index (Phi) is 4.28. The molecule has 88 valence electrons. The molecule has 1 aromatic rings. The molecule has 1 heterocycles. The van der Waals surface area contributed by atoms with E-state index in [1.54, 1.807) is 12.1 Å². The van der Waals surface area contributed by atoms with E-state index in [1.807, 2.05) is 7.05 Å². The van der Waals surface area contributed by atoms with E-state index >= 15 is 0 Å². The highest BCUT2D eigenvalue weighted by Gasteiger charge is 2.12. The van der Waals surface area contributed by atoms with Gasteiger partial charge in [0, 0.05) is 19.3 Å². The summed E-state index contributed by atoms with van der Waals surface area (Å²) in [6.07, 6.45) is 3.50. The van der Waals surface area contributed by atoms with Gasteiger partial charge in [-0.2, -0.15) is 0 Å². The summed E-state index contributed by atoms with van der Waals surface area (Å²) in [5.74, 6) is -0.122. The summed E-state index contributed by atoms with van der Waals surface area (Å²) in [4.78, 5) is 16.9. The van der Waals surface area contributed by atoms with Gasteiger partial charge in [0.2, 0.25) is 0 Å². The Morgan fingerprint density at radius 3 is 2.44 bits per heavy atom. The van der Waals surface area contributed by atoms with Crippen LogP contribution in [-0.4, -0.2) is 29.1 Å². The Bertz CT molecular complexity index is 345. The zero-order chi connectivity index (χ0) is 12.1. The largest absolute Gasteiger partial charge is 0.478 e. The van der Waals surface area contributed by atoms with Crippen molar-refractivity contribution >= 4 is 11.8 Å². The lowest BCUT2D eigenvalue weighted by Gasteiger charge is -2.27. The number of aromatic carboxylic acids is 1. The minimum absolute atomic E-state index is 0.224. The zero-order valence-electron chi connectivity index (χ0n) is 9.97. The Hall–Kier alpha value is -1.58. The average Bonchev–Trinajstić information content (AvgIpc) is 2.30. The number of carboxylic acids is 1. The van der Waals surface area contributed by atoms with Crippen molar-refractivity contribution in [3.8, 4) is 0 Å². The maximum atomic E-state index is 10.7. The summed E-state index contributed by atoms with van der Waals surface area (Å²) < 4.78 is 0. The molecule has 16 heavy (non-hydrogen) atoms. The molecule has 0 aliphatic heterocycles. The normalized spacial score (nSPS) is 10.5. The van der Waals surface area contributed by atoms with Crippen molar-refractivity contribution in [2.75, 3.05) is 11.9 Å². The number of anilines is 1. The van der Waals surface area contributed by atoms with Crippen molar-refractivity contribution in [3.63, 3.8) is 0 Å². The van der Waals surface area contributed by atoms with Crippen LogP contribution in [0.15, 0.2) is 18.3 Å². The van der Waals surface area contributed by atoms with Crippen LogP contribution in [0, 0.1) is 0 Å². The van der Waals surface area contributed by atoms with Crippen molar-refractivity contribution in [2.24, 2.45) is 0 Å². The molecule has 1 N–H and O–H groups in total. The number of aromatic nitrogens is 1. The molecule has 0 aliphatic carbocycles. The summed E-state index contributed by atoms with van der Waals surface area (Å²) in [7, 11) is 1.99. The molecule has 1 aromatic heterocycles. The molecule has 0 atom stereocenters. The summed E-state index contributed by atoms with van der Waals surface area (Å²) in [6.45, 7) is 4.27. The highest BCUT2D eigenvalue weighted by molar-refractivity contribution is 5.87. The van der Waals surface area contributed by atoms with Gasteiger partial charge in [-0.3, -0.25) is 0 Å². The van der Waals surface area contributed by atoms with E-state index in [9.17, 15) is 4.79 Å². The number of carbonyl (C=O) groups is 1. The third kappa shape index (κ3) is 2.72. The number of nitrogens with zero attached hydrogens (tertiary/aromatic N) is 2. The summed E-state index contributed by atoms with van der Waals surface area (Å²) >= 11 is 0. The van der Waals surface area contributed by atoms with Gasteiger partial charge in [0.25, 0.3) is 0 Å². The number of hydrogen-bond acceptors (Lipinski definition) is 3. The van der Waals surface area contributed by atoms with Gasteiger partial charge in [-0.05, 0) is 25.0 Å². The maximum Gasteiger partial charge on any atom is 0.337 e. The standard InChI is InChI=1S/C12H18N2O2/c1-4-10(5-2)14(3)11-7-6-9(8-13-11)12(15)16/h6-8,10H,4-5H2,1-3H3,(H,15,16). The fraction of sp³-hybridized carbons (Fsp3) is 0.500. The first-order valence-corrected chi connectivity index (χ1v) is 5.52. The molecule has 1 rings (SSSR count). The van der Waals surface area contributed by atoms with E-state index < -0.39 is 5.97 Å². The fourth-order valence-corrected chi connectivity index (χ4v) is 1.74. The van der Waals surface area contributed by atoms with Crippen LogP contribution in [0.1, 0.15) is 37.0 Å². The molecule has 0 saturated carbocycles. The molecule has 4 heteroatoms. The van der Waals surface area contributed by atoms with Crippen LogP contribution in [0.2, 0.25) is 0 Å². The van der Waals surface area contributed by atoms with Gasteiger partial charge in [0.1, 0.15) is 5.82 Å². The Morgan fingerprint density at radius 1 is 1.44 bits per heavy atom. The van der Waals surface area contributed by atoms with Gasteiger partial charge in [0.05, 0.1) is 5.56 Å². The van der Waals surface area contributed by atoms with Gasteiger partial charge in [-0.1, -0.05) is 13.8 Å². The first-order chi connectivity index (χ1) is 7.60. The van der Waals surface area contributed by atoms with Crippen molar-refractivity contribution < 1.29 is 9.90 Å². The molecular weight excluding hydrogens is 204 g/mol. The third-order valence-electron chi connectivity index (χ3n) is 2.85. The van der Waals surface area contributed by atoms with Crippen LogP contribution < -0.4 is 4.90 Å². The van der Waals surface area contributed by atoms with E-state index in [1.165, 1.54) is 6.20 Å². The number of pyridine rings is 1. The second-order valence-electron chi connectivity index (χ2n) is 3.79. The third-order valence-corrected chi connectivity index (χ3v) is 2.85. The van der Waals surface area contributed by atoms with E-state index in [4.69, 9.17) is 5.11 Å². The van der Waals surface area contributed by atoms with Crippen LogP contribution in [0.3, 0.4) is 0 Å². The van der Waals surface area contributed by atoms with E-state index in [0.29, 0.717) is 6.04 Å². The minimum atomic E-state index is -0.941. The molecule has 0 radical (unpaired) electrons. The predicted octanol–water partition coefficient (Wildman–Crippen LogP) is 2.40. The molecule has 4 nitrogen and oxygen atoms in total. The average molecular weight is 222 g/mol. The van der Waals surface area contributed by atoms with Crippen molar-refractivity contribution in [2.45, 2.75) is 32.7 Å². The lowest BCUT2D eigenvalue weighted by atomic mass is 10.1. The Labute approximate surface area is 95.9 Å². The van der Waals surface area contributed by atoms with E-state index in [-0.39, 0.29) is 5.56 Å². The molecular formula is C12H18N2O2. The van der Waals surface area contributed by atoms with Crippen molar-refractivity contribution in [3.05, 3.63) is 23.9 Å². The van der Waals surface area contributed by atoms with E-state index in [2.05, 4.69) is 23.7 Å². The van der Waals surface area contributed by atoms with Gasteiger partial charge in [0.15, 0.2) is 0 Å². The van der Waals surface area contributed by atoms with Crippen LogP contribution in [-0.2, 0) is 0 Å². The van der Waals surface area contributed by atoms with Gasteiger partial charge >= 0.3 is 5.97 Å². The second-order valence-corrected chi connectivity index (χ2v) is 3.79. The fourth-order valence-electron chi connectivity index (χ4n) is 1.74. The summed E-state index contributed by atoms with van der Waals surface area (Å²) in [6, 6.07) is 3.79. The molecule has 0 saturated heterocycles. The Morgan fingerprint density at radius 2 is 2.06 bits per heavy atom. The van der Waals surface area contributed by atoms with Crippen LogP contribution in [0.4, 0.5) is 5.82 Å². The van der Waals surface area contributed by atoms with Crippen molar-refractivity contribution in [1.29, 1.82) is 0 Å². The molecule has 0 aliphatic rings. The predicted molar refractivity (Wildman–Crippen MR) is 64.0 cm³/mol. The highest BCUT2D eigenvalue weighted by Crippen LogP contribution is 2.16. The SMILES string of the molecule is CCC(CC)N(C)c1ccc(C(=O)O)cn1. The maximum absolute atomic E-state index is 10.7. The number of hydrogen-bond donors (Lipinski definition) is 1. The van der Waals surface area contributed by atoms with E-state index in [0.717, 1.165) is 18.7 Å². The second kappa shape index (κ2) is 5.49. The van der Waals surface area contributed by atoms with Gasteiger partial charge in [-0.15, -0.1) is 0 Å². The molecule has 0 bridgehead atoms. The monoisotopic (exact) mass is 222 g/mol. The highest BCUT2D eigenvalue weighted by atomic mass is 16.4. The minimum Gasteiger partial charge on any atom is -0.478 e. The smallest absolute Gasteiger partial charge is 0.337 e.